The predicted octanol–water partition coefficient (Wildman–Crippen LogP) is 4.58. The van der Waals surface area contributed by atoms with Crippen molar-refractivity contribution in [2.24, 2.45) is 0 Å². The fourth-order valence-electron chi connectivity index (χ4n) is 5.03. The van der Waals surface area contributed by atoms with Gasteiger partial charge in [-0.25, -0.2) is 0 Å². The third-order valence-corrected chi connectivity index (χ3v) is 7.26. The number of rotatable bonds is 7. The largest absolute Gasteiger partial charge is 0.416 e. The van der Waals surface area contributed by atoms with Crippen molar-refractivity contribution in [3.8, 4) is 0 Å². The van der Waals surface area contributed by atoms with Gasteiger partial charge in [0.25, 0.3) is 11.8 Å². The van der Waals surface area contributed by atoms with E-state index in [-0.39, 0.29) is 11.5 Å². The highest BCUT2D eigenvalue weighted by Gasteiger charge is 2.30. The number of benzene rings is 3. The van der Waals surface area contributed by atoms with Crippen molar-refractivity contribution in [3.05, 3.63) is 94.5 Å². The lowest BCUT2D eigenvalue weighted by Crippen LogP contribution is -2.41. The summed E-state index contributed by atoms with van der Waals surface area (Å²) in [7, 11) is 0. The van der Waals surface area contributed by atoms with Gasteiger partial charge in [0, 0.05) is 56.2 Å². The van der Waals surface area contributed by atoms with Crippen molar-refractivity contribution in [2.45, 2.75) is 19.1 Å². The molecule has 0 bridgehead atoms. The number of halogens is 3. The first kappa shape index (κ1) is 27.7. The molecule has 2 heterocycles. The molecule has 10 heteroatoms. The van der Waals surface area contributed by atoms with E-state index in [0.29, 0.717) is 44.1 Å². The lowest BCUT2D eigenvalue weighted by Gasteiger charge is -2.32. The molecule has 2 amide bonds. The molecular weight excluding hydrogens is 521 g/mol. The van der Waals surface area contributed by atoms with Gasteiger partial charge in [-0.1, -0.05) is 24.3 Å². The topological polar surface area (TPSA) is 73.9 Å². The number of fused-ring (bicyclic) bond motifs is 1. The van der Waals surface area contributed by atoms with Gasteiger partial charge in [0.1, 0.15) is 0 Å². The van der Waals surface area contributed by atoms with Gasteiger partial charge in [-0.2, -0.15) is 13.2 Å². The van der Waals surface area contributed by atoms with E-state index in [4.69, 9.17) is 4.74 Å². The van der Waals surface area contributed by atoms with Gasteiger partial charge in [-0.05, 0) is 60.0 Å². The average molecular weight is 553 g/mol. The molecule has 1 saturated heterocycles. The molecule has 0 saturated carbocycles. The Labute approximate surface area is 230 Å². The molecule has 3 aromatic rings. The summed E-state index contributed by atoms with van der Waals surface area (Å²) >= 11 is 0. The molecule has 0 radical (unpaired) electrons. The van der Waals surface area contributed by atoms with Crippen LogP contribution >= 0.6 is 0 Å². The highest BCUT2D eigenvalue weighted by atomic mass is 19.4. The Morgan fingerprint density at radius 3 is 2.33 bits per heavy atom. The molecule has 40 heavy (non-hydrogen) atoms. The molecule has 3 aromatic carbocycles. The Hall–Kier alpha value is -3.89. The smallest absolute Gasteiger partial charge is 0.379 e. The standard InChI is InChI=1S/C30H31F3N4O3/c31-30(32,33)24-7-5-22(6-8-24)28(38)35-25-9-10-27(37-13-11-21-3-1-2-4-23(21)20-37)26(19-25)29(39)34-12-14-36-15-17-40-18-16-36/h1-10,19H,11-18,20H2,(H,34,39)(H,35,38). The van der Waals surface area contributed by atoms with Crippen LogP contribution in [-0.2, 0) is 23.9 Å². The average Bonchev–Trinajstić information content (AvgIpc) is 2.97. The number of carbonyl (C=O) groups excluding carboxylic acids is 2. The van der Waals surface area contributed by atoms with E-state index in [1.807, 2.05) is 18.2 Å². The molecule has 0 atom stereocenters. The van der Waals surface area contributed by atoms with Crippen LogP contribution in [-0.4, -0.2) is 62.7 Å². The summed E-state index contributed by atoms with van der Waals surface area (Å²) in [6.07, 6.45) is -3.63. The van der Waals surface area contributed by atoms with E-state index in [1.165, 1.54) is 11.1 Å². The van der Waals surface area contributed by atoms with Gasteiger partial charge >= 0.3 is 6.18 Å². The Balaban J connectivity index is 1.34. The summed E-state index contributed by atoms with van der Waals surface area (Å²) in [6.45, 7) is 5.54. The zero-order valence-corrected chi connectivity index (χ0v) is 22.0. The molecule has 7 nitrogen and oxygen atoms in total. The highest BCUT2D eigenvalue weighted by Crippen LogP contribution is 2.31. The second kappa shape index (κ2) is 12.1. The van der Waals surface area contributed by atoms with Crippen LogP contribution in [0.4, 0.5) is 24.5 Å². The molecule has 2 aliphatic heterocycles. The quantitative estimate of drug-likeness (QED) is 0.449. The number of alkyl halides is 3. The first-order valence-corrected chi connectivity index (χ1v) is 13.3. The summed E-state index contributed by atoms with van der Waals surface area (Å²) in [5.74, 6) is -0.820. The minimum Gasteiger partial charge on any atom is -0.379 e. The summed E-state index contributed by atoms with van der Waals surface area (Å²) < 4.78 is 44.1. The van der Waals surface area contributed by atoms with Crippen LogP contribution in [0.5, 0.6) is 0 Å². The molecule has 0 spiro atoms. The van der Waals surface area contributed by atoms with Gasteiger partial charge in [0.2, 0.25) is 0 Å². The number of hydrogen-bond donors (Lipinski definition) is 2. The van der Waals surface area contributed by atoms with E-state index in [0.717, 1.165) is 56.0 Å². The third-order valence-electron chi connectivity index (χ3n) is 7.26. The Bertz CT molecular complexity index is 1360. The number of carbonyl (C=O) groups is 2. The zero-order valence-electron chi connectivity index (χ0n) is 22.0. The number of morpholine rings is 1. The van der Waals surface area contributed by atoms with Crippen molar-refractivity contribution < 1.29 is 27.5 Å². The van der Waals surface area contributed by atoms with E-state index >= 15 is 0 Å². The lowest BCUT2D eigenvalue weighted by molar-refractivity contribution is -0.137. The van der Waals surface area contributed by atoms with E-state index < -0.39 is 17.6 Å². The maximum Gasteiger partial charge on any atom is 0.416 e. The van der Waals surface area contributed by atoms with E-state index in [9.17, 15) is 22.8 Å². The lowest BCUT2D eigenvalue weighted by atomic mass is 9.98. The Morgan fingerprint density at radius 1 is 0.875 bits per heavy atom. The molecule has 5 rings (SSSR count). The molecular formula is C30H31F3N4O3. The molecule has 0 aliphatic carbocycles. The molecule has 2 aliphatic rings. The van der Waals surface area contributed by atoms with Crippen molar-refractivity contribution in [1.29, 1.82) is 0 Å². The monoisotopic (exact) mass is 552 g/mol. The number of hydrogen-bond acceptors (Lipinski definition) is 5. The van der Waals surface area contributed by atoms with Gasteiger partial charge in [-0.15, -0.1) is 0 Å². The van der Waals surface area contributed by atoms with Gasteiger partial charge < -0.3 is 20.3 Å². The molecule has 210 valence electrons. The molecule has 0 aromatic heterocycles. The van der Waals surface area contributed by atoms with Crippen LogP contribution in [0.3, 0.4) is 0 Å². The fourth-order valence-corrected chi connectivity index (χ4v) is 5.03. The predicted molar refractivity (Wildman–Crippen MR) is 147 cm³/mol. The van der Waals surface area contributed by atoms with Gasteiger partial charge in [-0.3, -0.25) is 14.5 Å². The van der Waals surface area contributed by atoms with Crippen LogP contribution in [0.1, 0.15) is 37.4 Å². The van der Waals surface area contributed by atoms with Crippen LogP contribution in [0.25, 0.3) is 0 Å². The van der Waals surface area contributed by atoms with E-state index in [1.54, 1.807) is 12.1 Å². The van der Waals surface area contributed by atoms with Crippen LogP contribution < -0.4 is 15.5 Å². The first-order chi connectivity index (χ1) is 19.3. The number of anilines is 2. The maximum absolute atomic E-state index is 13.4. The van der Waals surface area contributed by atoms with Crippen molar-refractivity contribution in [1.82, 2.24) is 10.2 Å². The Morgan fingerprint density at radius 2 is 1.60 bits per heavy atom. The summed E-state index contributed by atoms with van der Waals surface area (Å²) in [4.78, 5) is 30.6. The van der Waals surface area contributed by atoms with Crippen LogP contribution in [0.15, 0.2) is 66.7 Å². The van der Waals surface area contributed by atoms with E-state index in [2.05, 4.69) is 32.6 Å². The number of amides is 2. The summed E-state index contributed by atoms with van der Waals surface area (Å²) in [5.41, 5.74) is 3.30. The molecule has 1 fully saturated rings. The third kappa shape index (κ3) is 6.63. The normalized spacial score (nSPS) is 15.8. The van der Waals surface area contributed by atoms with Gasteiger partial charge in [0.15, 0.2) is 0 Å². The van der Waals surface area contributed by atoms with Crippen molar-refractivity contribution in [2.75, 3.05) is 56.2 Å². The summed E-state index contributed by atoms with van der Waals surface area (Å²) in [5, 5.41) is 5.73. The first-order valence-electron chi connectivity index (χ1n) is 13.3. The summed E-state index contributed by atoms with van der Waals surface area (Å²) in [6, 6.07) is 17.4. The molecule has 2 N–H and O–H groups in total. The minimum atomic E-state index is -4.48. The Kier molecular flexibility index (Phi) is 8.37. The SMILES string of the molecule is O=C(Nc1ccc(N2CCc3ccccc3C2)c(C(=O)NCCN2CCOCC2)c1)c1ccc(C(F)(F)F)cc1. The number of nitrogens with one attached hydrogen (secondary N) is 2. The van der Waals surface area contributed by atoms with Crippen molar-refractivity contribution in [3.63, 3.8) is 0 Å². The van der Waals surface area contributed by atoms with Crippen LogP contribution in [0.2, 0.25) is 0 Å². The second-order valence-electron chi connectivity index (χ2n) is 9.91. The second-order valence-corrected chi connectivity index (χ2v) is 9.91. The van der Waals surface area contributed by atoms with Gasteiger partial charge in [0.05, 0.1) is 24.3 Å². The molecule has 0 unspecified atom stereocenters. The zero-order chi connectivity index (χ0) is 28.1. The van der Waals surface area contributed by atoms with Crippen LogP contribution in [0, 0.1) is 0 Å². The maximum atomic E-state index is 13.4. The minimum absolute atomic E-state index is 0.0845. The fraction of sp³-hybridized carbons (Fsp3) is 0.333. The number of nitrogens with zero attached hydrogens (tertiary/aromatic N) is 2. The number of ether oxygens (including phenoxy) is 1. The highest BCUT2D eigenvalue weighted by molar-refractivity contribution is 6.06. The van der Waals surface area contributed by atoms with Crippen molar-refractivity contribution >= 4 is 23.2 Å².